The maximum Gasteiger partial charge on any atom is 0.243 e. The van der Waals surface area contributed by atoms with Gasteiger partial charge in [-0.15, -0.1) is 0 Å². The second-order valence-electron chi connectivity index (χ2n) is 5.91. The summed E-state index contributed by atoms with van der Waals surface area (Å²) in [5, 5.41) is 1.26. The van der Waals surface area contributed by atoms with E-state index < -0.39 is 10.0 Å². The quantitative estimate of drug-likeness (QED) is 0.875. The topological polar surface area (TPSA) is 41.8 Å². The normalized spacial score (nSPS) is 17.1. The van der Waals surface area contributed by atoms with Crippen LogP contribution in [0.15, 0.2) is 53.4 Å². The van der Waals surface area contributed by atoms with Gasteiger partial charge in [0.1, 0.15) is 6.54 Å². The van der Waals surface area contributed by atoms with E-state index in [2.05, 4.69) is 0 Å². The molecular formula is C17H19Cl2N2O2S+. The van der Waals surface area contributed by atoms with Crippen LogP contribution in [0.1, 0.15) is 5.56 Å². The summed E-state index contributed by atoms with van der Waals surface area (Å²) in [4.78, 5) is 1.67. The van der Waals surface area contributed by atoms with E-state index in [1.165, 1.54) is 10.5 Å². The number of piperazine rings is 1. The summed E-state index contributed by atoms with van der Waals surface area (Å²) in [5.41, 5.74) is 1.21. The van der Waals surface area contributed by atoms with Crippen LogP contribution in [0, 0.1) is 0 Å². The molecule has 0 bridgehead atoms. The second kappa shape index (κ2) is 7.42. The molecule has 3 rings (SSSR count). The summed E-state index contributed by atoms with van der Waals surface area (Å²) in [5.74, 6) is 0. The zero-order valence-electron chi connectivity index (χ0n) is 13.1. The molecule has 1 saturated heterocycles. The van der Waals surface area contributed by atoms with Crippen LogP contribution in [0.3, 0.4) is 0 Å². The van der Waals surface area contributed by atoms with Crippen LogP contribution in [0.2, 0.25) is 10.0 Å². The summed E-state index contributed by atoms with van der Waals surface area (Å²) in [6.45, 7) is 3.50. The van der Waals surface area contributed by atoms with Crippen LogP contribution < -0.4 is 4.90 Å². The van der Waals surface area contributed by atoms with Crippen molar-refractivity contribution < 1.29 is 13.3 Å². The Hall–Kier alpha value is -1.11. The minimum Gasteiger partial charge on any atom is -0.329 e. The molecule has 0 amide bonds. The predicted molar refractivity (Wildman–Crippen MR) is 96.1 cm³/mol. The lowest BCUT2D eigenvalue weighted by Gasteiger charge is -2.31. The first-order chi connectivity index (χ1) is 11.4. The van der Waals surface area contributed by atoms with Gasteiger partial charge in [0, 0.05) is 15.6 Å². The molecule has 0 aromatic heterocycles. The lowest BCUT2D eigenvalue weighted by molar-refractivity contribution is -0.917. The highest BCUT2D eigenvalue weighted by molar-refractivity contribution is 7.89. The van der Waals surface area contributed by atoms with Gasteiger partial charge < -0.3 is 4.90 Å². The van der Waals surface area contributed by atoms with Gasteiger partial charge in [-0.05, 0) is 36.4 Å². The molecule has 0 radical (unpaired) electrons. The average Bonchev–Trinajstić information content (AvgIpc) is 2.58. The number of nitrogens with zero attached hydrogens (tertiary/aromatic N) is 1. The molecule has 2 aromatic rings. The summed E-state index contributed by atoms with van der Waals surface area (Å²) >= 11 is 11.7. The van der Waals surface area contributed by atoms with Crippen molar-refractivity contribution in [3.05, 3.63) is 64.1 Å². The molecule has 1 aliphatic heterocycles. The SMILES string of the molecule is O=S(=O)(c1ccc(Cl)cc1)N1CC[NH+](Cc2ccc(Cl)cc2)CC1. The van der Waals surface area contributed by atoms with E-state index in [9.17, 15) is 8.42 Å². The Labute approximate surface area is 152 Å². The van der Waals surface area contributed by atoms with Gasteiger partial charge in [0.05, 0.1) is 31.1 Å². The van der Waals surface area contributed by atoms with E-state index in [-0.39, 0.29) is 0 Å². The molecular weight excluding hydrogens is 367 g/mol. The fourth-order valence-corrected chi connectivity index (χ4v) is 4.56. The minimum absolute atomic E-state index is 0.299. The molecule has 1 aliphatic rings. The van der Waals surface area contributed by atoms with Crippen molar-refractivity contribution in [2.45, 2.75) is 11.4 Å². The molecule has 24 heavy (non-hydrogen) atoms. The molecule has 7 heteroatoms. The van der Waals surface area contributed by atoms with E-state index in [0.29, 0.717) is 23.0 Å². The van der Waals surface area contributed by atoms with Gasteiger partial charge in [-0.3, -0.25) is 0 Å². The van der Waals surface area contributed by atoms with E-state index in [0.717, 1.165) is 24.7 Å². The molecule has 128 valence electrons. The lowest BCUT2D eigenvalue weighted by atomic mass is 10.2. The first kappa shape index (κ1) is 17.7. The molecule has 0 atom stereocenters. The molecule has 4 nitrogen and oxygen atoms in total. The molecule has 0 saturated carbocycles. The summed E-state index contributed by atoms with van der Waals surface area (Å²) < 4.78 is 26.9. The fourth-order valence-electron chi connectivity index (χ4n) is 2.87. The van der Waals surface area contributed by atoms with E-state index >= 15 is 0 Å². The molecule has 1 N–H and O–H groups in total. The zero-order valence-corrected chi connectivity index (χ0v) is 15.4. The standard InChI is InChI=1S/C17H18Cl2N2O2S/c18-15-3-1-14(2-4-15)13-20-9-11-21(12-10-20)24(22,23)17-7-5-16(19)6-8-17/h1-8H,9-13H2/p+1. The number of hydrogen-bond acceptors (Lipinski definition) is 2. The van der Waals surface area contributed by atoms with Gasteiger partial charge in [0.25, 0.3) is 0 Å². The Balaban J connectivity index is 1.62. The van der Waals surface area contributed by atoms with Crippen molar-refractivity contribution in [3.63, 3.8) is 0 Å². The highest BCUT2D eigenvalue weighted by atomic mass is 35.5. The number of quaternary nitrogens is 1. The third kappa shape index (κ3) is 4.10. The molecule has 0 spiro atoms. The molecule has 0 unspecified atom stereocenters. The summed E-state index contributed by atoms with van der Waals surface area (Å²) in [6.07, 6.45) is 0. The Kier molecular flexibility index (Phi) is 5.47. The number of hydrogen-bond donors (Lipinski definition) is 1. The van der Waals surface area contributed by atoms with Crippen molar-refractivity contribution in [2.24, 2.45) is 0 Å². The number of sulfonamides is 1. The van der Waals surface area contributed by atoms with E-state index in [4.69, 9.17) is 23.2 Å². The van der Waals surface area contributed by atoms with E-state index in [1.807, 2.05) is 24.3 Å². The van der Waals surface area contributed by atoms with Gasteiger partial charge in [-0.1, -0.05) is 35.3 Å². The Morgan fingerprint density at radius 2 is 1.38 bits per heavy atom. The third-order valence-electron chi connectivity index (χ3n) is 4.25. The van der Waals surface area contributed by atoms with Crippen LogP contribution in [0.4, 0.5) is 0 Å². The first-order valence-corrected chi connectivity index (χ1v) is 9.98. The summed E-state index contributed by atoms with van der Waals surface area (Å²) in [7, 11) is -3.44. The van der Waals surface area contributed by atoms with Crippen LogP contribution in [-0.4, -0.2) is 38.9 Å². The van der Waals surface area contributed by atoms with Crippen LogP contribution in [-0.2, 0) is 16.6 Å². The Morgan fingerprint density at radius 3 is 1.92 bits per heavy atom. The molecule has 1 fully saturated rings. The van der Waals surface area contributed by atoms with Crippen LogP contribution in [0.25, 0.3) is 0 Å². The average molecular weight is 386 g/mol. The van der Waals surface area contributed by atoms with Gasteiger partial charge in [-0.25, -0.2) is 8.42 Å². The van der Waals surface area contributed by atoms with Crippen molar-refractivity contribution in [1.29, 1.82) is 0 Å². The molecule has 0 aliphatic carbocycles. The van der Waals surface area contributed by atoms with Gasteiger partial charge >= 0.3 is 0 Å². The number of nitrogens with one attached hydrogen (secondary N) is 1. The zero-order chi connectivity index (χ0) is 17.2. The molecule has 1 heterocycles. The fraction of sp³-hybridized carbons (Fsp3) is 0.294. The Morgan fingerprint density at radius 1 is 0.875 bits per heavy atom. The van der Waals surface area contributed by atoms with Crippen molar-refractivity contribution in [1.82, 2.24) is 4.31 Å². The Bertz CT molecular complexity index is 784. The number of rotatable bonds is 4. The second-order valence-corrected chi connectivity index (χ2v) is 8.72. The number of benzene rings is 2. The maximum atomic E-state index is 12.7. The van der Waals surface area contributed by atoms with Gasteiger partial charge in [0.2, 0.25) is 10.0 Å². The van der Waals surface area contributed by atoms with E-state index in [1.54, 1.807) is 28.6 Å². The van der Waals surface area contributed by atoms with Crippen molar-refractivity contribution >= 4 is 33.2 Å². The first-order valence-electron chi connectivity index (χ1n) is 7.79. The maximum absolute atomic E-state index is 12.7. The predicted octanol–water partition coefficient (Wildman–Crippen LogP) is 2.08. The minimum atomic E-state index is -3.44. The summed E-state index contributed by atoms with van der Waals surface area (Å²) in [6, 6.07) is 14.1. The third-order valence-corrected chi connectivity index (χ3v) is 6.67. The van der Waals surface area contributed by atoms with Crippen molar-refractivity contribution in [2.75, 3.05) is 26.2 Å². The number of halogens is 2. The monoisotopic (exact) mass is 385 g/mol. The lowest BCUT2D eigenvalue weighted by Crippen LogP contribution is -3.13. The van der Waals surface area contributed by atoms with Gasteiger partial charge in [-0.2, -0.15) is 4.31 Å². The van der Waals surface area contributed by atoms with Crippen LogP contribution in [0.5, 0.6) is 0 Å². The highest BCUT2D eigenvalue weighted by Crippen LogP contribution is 2.18. The molecule has 2 aromatic carbocycles. The largest absolute Gasteiger partial charge is 0.329 e. The highest BCUT2D eigenvalue weighted by Gasteiger charge is 2.30. The van der Waals surface area contributed by atoms with Gasteiger partial charge in [0.15, 0.2) is 0 Å². The van der Waals surface area contributed by atoms with Crippen LogP contribution >= 0.6 is 23.2 Å². The van der Waals surface area contributed by atoms with Crippen molar-refractivity contribution in [3.8, 4) is 0 Å². The smallest absolute Gasteiger partial charge is 0.243 e.